The Bertz CT molecular complexity index is 660. The van der Waals surface area contributed by atoms with Gasteiger partial charge >= 0.3 is 5.97 Å². The van der Waals surface area contributed by atoms with Crippen LogP contribution in [-0.2, 0) is 16.1 Å². The third-order valence-electron chi connectivity index (χ3n) is 2.79. The van der Waals surface area contributed by atoms with Crippen LogP contribution in [0, 0.1) is 0 Å². The Labute approximate surface area is 110 Å². The van der Waals surface area contributed by atoms with Crippen LogP contribution in [0.15, 0.2) is 35.3 Å². The molecule has 0 unspecified atom stereocenters. The van der Waals surface area contributed by atoms with E-state index in [1.165, 1.54) is 4.57 Å². The van der Waals surface area contributed by atoms with E-state index in [1.807, 2.05) is 0 Å². The minimum absolute atomic E-state index is 0.0748. The van der Waals surface area contributed by atoms with Crippen LogP contribution in [0.2, 0.25) is 0 Å². The molecule has 19 heavy (non-hydrogen) atoms. The van der Waals surface area contributed by atoms with E-state index in [1.54, 1.807) is 44.5 Å². The van der Waals surface area contributed by atoms with Gasteiger partial charge in [-0.2, -0.15) is 0 Å². The molecule has 0 spiro atoms. The number of carbonyl (C=O) groups is 1. The predicted molar refractivity (Wildman–Crippen MR) is 71.4 cm³/mol. The Morgan fingerprint density at radius 1 is 1.32 bits per heavy atom. The molecule has 100 valence electrons. The van der Waals surface area contributed by atoms with Gasteiger partial charge in [0, 0.05) is 11.6 Å². The van der Waals surface area contributed by atoms with Crippen molar-refractivity contribution in [2.45, 2.75) is 13.5 Å². The first kappa shape index (κ1) is 13.1. The monoisotopic (exact) mass is 261 g/mol. The summed E-state index contributed by atoms with van der Waals surface area (Å²) < 4.78 is 11.3. The molecule has 2 rings (SSSR count). The van der Waals surface area contributed by atoms with Gasteiger partial charge in [-0.1, -0.05) is 0 Å². The lowest BCUT2D eigenvalue weighted by Crippen LogP contribution is -2.24. The van der Waals surface area contributed by atoms with E-state index >= 15 is 0 Å². The number of hydrogen-bond acceptors (Lipinski definition) is 4. The molecular weight excluding hydrogens is 246 g/mol. The molecule has 0 amide bonds. The number of pyridine rings is 1. The number of aromatic nitrogens is 1. The van der Waals surface area contributed by atoms with Gasteiger partial charge in [0.05, 0.1) is 13.7 Å². The lowest BCUT2D eigenvalue weighted by molar-refractivity contribution is -0.143. The van der Waals surface area contributed by atoms with E-state index in [0.29, 0.717) is 17.7 Å². The summed E-state index contributed by atoms with van der Waals surface area (Å²) >= 11 is 0. The third kappa shape index (κ3) is 2.76. The maximum atomic E-state index is 12.2. The minimum Gasteiger partial charge on any atom is -0.497 e. The first-order valence-electron chi connectivity index (χ1n) is 5.98. The maximum absolute atomic E-state index is 12.2. The molecule has 5 nitrogen and oxygen atoms in total. The van der Waals surface area contributed by atoms with Gasteiger partial charge in [0.15, 0.2) is 0 Å². The summed E-state index contributed by atoms with van der Waals surface area (Å²) in [6.45, 7) is 1.96. The average Bonchev–Trinajstić information content (AvgIpc) is 2.42. The molecule has 1 aromatic heterocycles. The van der Waals surface area contributed by atoms with Crippen LogP contribution in [0.5, 0.6) is 5.75 Å². The van der Waals surface area contributed by atoms with Gasteiger partial charge < -0.3 is 14.0 Å². The highest BCUT2D eigenvalue weighted by Crippen LogP contribution is 2.17. The molecule has 0 aliphatic rings. The van der Waals surface area contributed by atoms with Crippen LogP contribution < -0.4 is 10.3 Å². The highest BCUT2D eigenvalue weighted by Gasteiger charge is 2.08. The zero-order valence-electron chi connectivity index (χ0n) is 10.9. The number of fused-ring (bicyclic) bond motifs is 1. The summed E-state index contributed by atoms with van der Waals surface area (Å²) in [6.07, 6.45) is 1.58. The summed E-state index contributed by atoms with van der Waals surface area (Å²) in [5.74, 6) is 0.271. The molecule has 1 heterocycles. The minimum atomic E-state index is -0.419. The second-order valence-electron chi connectivity index (χ2n) is 4.01. The lowest BCUT2D eigenvalue weighted by atomic mass is 10.1. The van der Waals surface area contributed by atoms with Gasteiger partial charge in [0.1, 0.15) is 12.3 Å². The number of benzene rings is 1. The number of hydrogen-bond donors (Lipinski definition) is 0. The fourth-order valence-electron chi connectivity index (χ4n) is 1.86. The van der Waals surface area contributed by atoms with Gasteiger partial charge in [-0.15, -0.1) is 0 Å². The maximum Gasteiger partial charge on any atom is 0.326 e. The topological polar surface area (TPSA) is 57.5 Å². The van der Waals surface area contributed by atoms with Crippen molar-refractivity contribution < 1.29 is 14.3 Å². The lowest BCUT2D eigenvalue weighted by Gasteiger charge is -2.07. The van der Waals surface area contributed by atoms with Crippen LogP contribution in [0.3, 0.4) is 0 Å². The predicted octanol–water partition coefficient (Wildman–Crippen LogP) is 1.57. The second-order valence-corrected chi connectivity index (χ2v) is 4.01. The number of carbonyl (C=O) groups excluding carboxylic acids is 1. The van der Waals surface area contributed by atoms with E-state index in [2.05, 4.69) is 0 Å². The van der Waals surface area contributed by atoms with Crippen molar-refractivity contribution in [1.29, 1.82) is 0 Å². The van der Waals surface area contributed by atoms with Gasteiger partial charge in [0.2, 0.25) is 0 Å². The molecule has 0 atom stereocenters. The Kier molecular flexibility index (Phi) is 3.85. The number of nitrogens with zero attached hydrogens (tertiary/aromatic N) is 1. The largest absolute Gasteiger partial charge is 0.497 e. The highest BCUT2D eigenvalue weighted by atomic mass is 16.5. The molecule has 0 bridgehead atoms. The fourth-order valence-corrected chi connectivity index (χ4v) is 1.86. The number of esters is 1. The van der Waals surface area contributed by atoms with Crippen molar-refractivity contribution in [3.8, 4) is 5.75 Å². The van der Waals surface area contributed by atoms with Crippen molar-refractivity contribution in [3.05, 3.63) is 40.8 Å². The molecule has 0 N–H and O–H groups in total. The standard InChI is InChI=1S/C14H15NO4/c1-3-19-13(16)9-15-7-6-10-8-11(18-2)4-5-12(10)14(15)17/h4-8H,3,9H2,1-2H3. The number of ether oxygens (including phenoxy) is 2. The SMILES string of the molecule is CCOC(=O)Cn1ccc2cc(OC)ccc2c1=O. The van der Waals surface area contributed by atoms with Gasteiger partial charge in [0.25, 0.3) is 5.56 Å². The molecule has 0 saturated heterocycles. The Balaban J connectivity index is 2.41. The van der Waals surface area contributed by atoms with Gasteiger partial charge in [-0.3, -0.25) is 9.59 Å². The van der Waals surface area contributed by atoms with Crippen LogP contribution in [-0.4, -0.2) is 24.3 Å². The van der Waals surface area contributed by atoms with Gasteiger partial charge in [-0.05, 0) is 36.6 Å². The molecule has 0 fully saturated rings. The van der Waals surface area contributed by atoms with Crippen molar-refractivity contribution in [1.82, 2.24) is 4.57 Å². The smallest absolute Gasteiger partial charge is 0.326 e. The summed E-state index contributed by atoms with van der Waals surface area (Å²) in [5.41, 5.74) is -0.215. The van der Waals surface area contributed by atoms with E-state index in [4.69, 9.17) is 9.47 Å². The van der Waals surface area contributed by atoms with Gasteiger partial charge in [-0.25, -0.2) is 0 Å². The molecule has 0 saturated carbocycles. The first-order chi connectivity index (χ1) is 9.15. The van der Waals surface area contributed by atoms with Crippen molar-refractivity contribution >= 4 is 16.7 Å². The highest BCUT2D eigenvalue weighted by molar-refractivity contribution is 5.83. The fraction of sp³-hybridized carbons (Fsp3) is 0.286. The summed E-state index contributed by atoms with van der Waals surface area (Å²) in [4.78, 5) is 23.6. The molecule has 0 aliphatic heterocycles. The zero-order chi connectivity index (χ0) is 13.8. The van der Waals surface area contributed by atoms with Crippen LogP contribution in [0.4, 0.5) is 0 Å². The molecule has 2 aromatic rings. The molecular formula is C14H15NO4. The van der Waals surface area contributed by atoms with Crippen molar-refractivity contribution in [3.63, 3.8) is 0 Å². The number of methoxy groups -OCH3 is 1. The summed E-state index contributed by atoms with van der Waals surface area (Å²) in [5, 5.41) is 1.33. The summed E-state index contributed by atoms with van der Waals surface area (Å²) in [6, 6.07) is 6.97. The quantitative estimate of drug-likeness (QED) is 0.784. The normalized spacial score (nSPS) is 10.4. The average molecular weight is 261 g/mol. The zero-order valence-corrected chi connectivity index (χ0v) is 10.9. The van der Waals surface area contributed by atoms with Crippen LogP contribution >= 0.6 is 0 Å². The Hall–Kier alpha value is -2.30. The first-order valence-corrected chi connectivity index (χ1v) is 5.98. The van der Waals surface area contributed by atoms with E-state index < -0.39 is 5.97 Å². The molecule has 0 aliphatic carbocycles. The van der Waals surface area contributed by atoms with E-state index in [-0.39, 0.29) is 12.1 Å². The second kappa shape index (κ2) is 5.56. The van der Waals surface area contributed by atoms with Crippen LogP contribution in [0.25, 0.3) is 10.8 Å². The molecule has 1 aromatic carbocycles. The third-order valence-corrected chi connectivity index (χ3v) is 2.79. The Morgan fingerprint density at radius 2 is 2.11 bits per heavy atom. The summed E-state index contributed by atoms with van der Waals surface area (Å²) in [7, 11) is 1.57. The van der Waals surface area contributed by atoms with Crippen molar-refractivity contribution in [2.24, 2.45) is 0 Å². The van der Waals surface area contributed by atoms with Crippen LogP contribution in [0.1, 0.15) is 6.92 Å². The number of rotatable bonds is 4. The molecule has 5 heteroatoms. The van der Waals surface area contributed by atoms with E-state index in [9.17, 15) is 9.59 Å². The molecule has 0 radical (unpaired) electrons. The van der Waals surface area contributed by atoms with Crippen molar-refractivity contribution in [2.75, 3.05) is 13.7 Å². The van der Waals surface area contributed by atoms with E-state index in [0.717, 1.165) is 5.39 Å². The Morgan fingerprint density at radius 3 is 2.79 bits per heavy atom.